The van der Waals surface area contributed by atoms with E-state index in [1.165, 1.54) is 0 Å². The molecule has 0 saturated heterocycles. The Hall–Kier alpha value is -2.64. The van der Waals surface area contributed by atoms with E-state index in [1.54, 1.807) is 31.2 Å². The molecule has 144 valence electrons. The van der Waals surface area contributed by atoms with E-state index in [1.807, 2.05) is 6.07 Å². The summed E-state index contributed by atoms with van der Waals surface area (Å²) in [4.78, 5) is 19.9. The Morgan fingerprint density at radius 2 is 1.96 bits per heavy atom. The normalized spacial score (nSPS) is 15.3. The van der Waals surface area contributed by atoms with Crippen LogP contribution >= 0.6 is 0 Å². The van der Waals surface area contributed by atoms with Crippen molar-refractivity contribution in [2.45, 2.75) is 44.4 Å². The Kier molecular flexibility index (Phi) is 5.62. The van der Waals surface area contributed by atoms with E-state index in [4.69, 9.17) is 4.74 Å². The fraction of sp³-hybridized carbons (Fsp3) is 0.421. The maximum absolute atomic E-state index is 13.0. The highest BCUT2D eigenvalue weighted by Gasteiger charge is 2.35. The number of alkyl halides is 3. The van der Waals surface area contributed by atoms with Crippen LogP contribution in [0.3, 0.4) is 0 Å². The highest BCUT2D eigenvalue weighted by molar-refractivity contribution is 5.80. The molecule has 2 aromatic rings. The zero-order valence-corrected chi connectivity index (χ0v) is 14.8. The van der Waals surface area contributed by atoms with Crippen LogP contribution in [-0.4, -0.2) is 28.5 Å². The van der Waals surface area contributed by atoms with Crippen molar-refractivity contribution in [2.75, 3.05) is 6.54 Å². The summed E-state index contributed by atoms with van der Waals surface area (Å²) >= 11 is 0. The molecule has 0 unspecified atom stereocenters. The summed E-state index contributed by atoms with van der Waals surface area (Å²) in [6, 6.07) is 9.92. The van der Waals surface area contributed by atoms with Crippen LogP contribution in [0.4, 0.5) is 13.2 Å². The largest absolute Gasteiger partial charge is 0.481 e. The van der Waals surface area contributed by atoms with Gasteiger partial charge in [-0.15, -0.1) is 0 Å². The fourth-order valence-corrected chi connectivity index (χ4v) is 2.56. The van der Waals surface area contributed by atoms with Crippen LogP contribution in [0.5, 0.6) is 5.75 Å². The lowest BCUT2D eigenvalue weighted by Gasteiger charge is -2.15. The highest BCUT2D eigenvalue weighted by Crippen LogP contribution is 2.40. The molecule has 1 atom stereocenters. The van der Waals surface area contributed by atoms with Crippen LogP contribution in [0.15, 0.2) is 36.4 Å². The van der Waals surface area contributed by atoms with Crippen molar-refractivity contribution in [2.24, 2.45) is 0 Å². The third-order valence-corrected chi connectivity index (χ3v) is 4.15. The smallest absolute Gasteiger partial charge is 0.433 e. The molecular weight excluding hydrogens is 359 g/mol. The topological polar surface area (TPSA) is 64.1 Å². The van der Waals surface area contributed by atoms with Gasteiger partial charge in [-0.25, -0.2) is 9.97 Å². The molecule has 1 amide bonds. The van der Waals surface area contributed by atoms with Crippen molar-refractivity contribution in [3.8, 4) is 5.75 Å². The maximum atomic E-state index is 13.0. The number of hydrogen-bond acceptors (Lipinski definition) is 4. The van der Waals surface area contributed by atoms with E-state index in [9.17, 15) is 18.0 Å². The Morgan fingerprint density at radius 1 is 1.26 bits per heavy atom. The Balaban J connectivity index is 1.56. The first-order valence-corrected chi connectivity index (χ1v) is 8.77. The van der Waals surface area contributed by atoms with Gasteiger partial charge in [0.25, 0.3) is 5.91 Å². The average molecular weight is 379 g/mol. The quantitative estimate of drug-likeness (QED) is 0.800. The molecule has 1 aromatic carbocycles. The van der Waals surface area contributed by atoms with Crippen molar-refractivity contribution >= 4 is 5.91 Å². The molecule has 1 aliphatic rings. The van der Waals surface area contributed by atoms with E-state index in [0.29, 0.717) is 11.4 Å². The van der Waals surface area contributed by atoms with E-state index in [-0.39, 0.29) is 30.6 Å². The molecule has 0 aliphatic heterocycles. The van der Waals surface area contributed by atoms with E-state index in [2.05, 4.69) is 15.3 Å². The summed E-state index contributed by atoms with van der Waals surface area (Å²) in [5.74, 6) is 0.383. The number of halogens is 3. The van der Waals surface area contributed by atoms with Gasteiger partial charge in [0.05, 0.1) is 0 Å². The number of carbonyl (C=O) groups is 1. The molecular formula is C19H20F3N3O2. The minimum Gasteiger partial charge on any atom is -0.481 e. The molecule has 1 aliphatic carbocycles. The van der Waals surface area contributed by atoms with Crippen molar-refractivity contribution in [3.05, 3.63) is 53.6 Å². The fourth-order valence-electron chi connectivity index (χ4n) is 2.56. The molecule has 1 saturated carbocycles. The van der Waals surface area contributed by atoms with Gasteiger partial charge in [0.1, 0.15) is 17.3 Å². The van der Waals surface area contributed by atoms with Gasteiger partial charge in [0.15, 0.2) is 6.10 Å². The molecule has 0 spiro atoms. The molecule has 5 nitrogen and oxygen atoms in total. The summed E-state index contributed by atoms with van der Waals surface area (Å²) in [5, 5.41) is 2.65. The summed E-state index contributed by atoms with van der Waals surface area (Å²) in [6.45, 7) is 1.74. The number of benzene rings is 1. The number of amides is 1. The second-order valence-corrected chi connectivity index (χ2v) is 6.48. The third kappa shape index (κ3) is 5.42. The lowest BCUT2D eigenvalue weighted by Crippen LogP contribution is -2.37. The van der Waals surface area contributed by atoms with Crippen molar-refractivity contribution in [1.29, 1.82) is 0 Å². The second kappa shape index (κ2) is 7.94. The minimum absolute atomic E-state index is 0.0849. The lowest BCUT2D eigenvalue weighted by molar-refractivity contribution is -0.141. The summed E-state index contributed by atoms with van der Waals surface area (Å²) in [7, 11) is 0. The van der Waals surface area contributed by atoms with Crippen LogP contribution in [0.25, 0.3) is 0 Å². The van der Waals surface area contributed by atoms with E-state index < -0.39 is 18.0 Å². The van der Waals surface area contributed by atoms with Crippen LogP contribution in [0, 0.1) is 0 Å². The molecule has 1 aromatic heterocycles. The average Bonchev–Trinajstić information content (AvgIpc) is 3.46. The Labute approximate surface area is 155 Å². The van der Waals surface area contributed by atoms with Crippen LogP contribution < -0.4 is 10.1 Å². The number of para-hydroxylation sites is 1. The van der Waals surface area contributed by atoms with Crippen LogP contribution in [-0.2, 0) is 17.4 Å². The maximum Gasteiger partial charge on any atom is 0.433 e. The first-order chi connectivity index (χ1) is 12.8. The summed E-state index contributed by atoms with van der Waals surface area (Å²) < 4.78 is 44.6. The molecule has 0 radical (unpaired) electrons. The second-order valence-electron chi connectivity index (χ2n) is 6.48. The first-order valence-electron chi connectivity index (χ1n) is 8.77. The molecule has 1 fully saturated rings. The number of nitrogens with one attached hydrogen (secondary N) is 1. The number of nitrogens with zero attached hydrogens (tertiary/aromatic N) is 2. The van der Waals surface area contributed by atoms with Gasteiger partial charge < -0.3 is 10.1 Å². The number of aromatic nitrogens is 2. The van der Waals surface area contributed by atoms with Gasteiger partial charge in [-0.05, 0) is 38.0 Å². The molecule has 1 heterocycles. The number of rotatable bonds is 7. The zero-order valence-electron chi connectivity index (χ0n) is 14.8. The number of hydrogen-bond donors (Lipinski definition) is 1. The third-order valence-electron chi connectivity index (χ3n) is 4.15. The van der Waals surface area contributed by atoms with Crippen LogP contribution in [0.2, 0.25) is 0 Å². The monoisotopic (exact) mass is 379 g/mol. The van der Waals surface area contributed by atoms with Crippen molar-refractivity contribution in [1.82, 2.24) is 15.3 Å². The van der Waals surface area contributed by atoms with Crippen molar-refractivity contribution in [3.63, 3.8) is 0 Å². The van der Waals surface area contributed by atoms with Gasteiger partial charge in [-0.2, -0.15) is 13.2 Å². The van der Waals surface area contributed by atoms with E-state index in [0.717, 1.165) is 18.9 Å². The molecule has 1 N–H and O–H groups in total. The first kappa shape index (κ1) is 19.1. The Bertz CT molecular complexity index is 793. The number of ether oxygens (including phenoxy) is 1. The number of carbonyl (C=O) groups excluding carboxylic acids is 1. The standard InChI is InChI=1S/C19H20F3N3O2/c1-12(27-14-5-3-2-4-6-14)18(26)23-10-9-17-24-15(13-7-8-13)11-16(25-17)19(20,21)22/h2-6,11-13H,7-10H2,1H3,(H,23,26)/t12-/m1/s1. The van der Waals surface area contributed by atoms with Gasteiger partial charge >= 0.3 is 6.18 Å². The molecule has 0 bridgehead atoms. The predicted molar refractivity (Wildman–Crippen MR) is 92.3 cm³/mol. The predicted octanol–water partition coefficient (Wildman–Crippen LogP) is 3.50. The van der Waals surface area contributed by atoms with Crippen molar-refractivity contribution < 1.29 is 22.7 Å². The molecule has 3 rings (SSSR count). The molecule has 27 heavy (non-hydrogen) atoms. The SMILES string of the molecule is C[C@@H](Oc1ccccc1)C(=O)NCCc1nc(C2CC2)cc(C(F)(F)F)n1. The van der Waals surface area contributed by atoms with Crippen LogP contribution in [0.1, 0.15) is 42.9 Å². The van der Waals surface area contributed by atoms with Gasteiger partial charge in [0.2, 0.25) is 0 Å². The minimum atomic E-state index is -4.51. The van der Waals surface area contributed by atoms with Gasteiger partial charge in [-0.1, -0.05) is 18.2 Å². The lowest BCUT2D eigenvalue weighted by atomic mass is 10.2. The zero-order chi connectivity index (χ0) is 19.4. The van der Waals surface area contributed by atoms with Gasteiger partial charge in [0, 0.05) is 24.6 Å². The summed E-state index contributed by atoms with van der Waals surface area (Å²) in [6.07, 6.45) is -3.43. The Morgan fingerprint density at radius 3 is 2.59 bits per heavy atom. The van der Waals surface area contributed by atoms with E-state index >= 15 is 0 Å². The summed E-state index contributed by atoms with van der Waals surface area (Å²) in [5.41, 5.74) is -0.499. The van der Waals surface area contributed by atoms with Gasteiger partial charge in [-0.3, -0.25) is 4.79 Å². The highest BCUT2D eigenvalue weighted by atomic mass is 19.4. The molecule has 8 heteroatoms.